The van der Waals surface area contributed by atoms with Crippen LogP contribution in [0.15, 0.2) is 42.6 Å². The average molecular weight is 543 g/mol. The van der Waals surface area contributed by atoms with Gasteiger partial charge in [0.25, 0.3) is 0 Å². The van der Waals surface area contributed by atoms with Crippen molar-refractivity contribution in [3.63, 3.8) is 0 Å². The van der Waals surface area contributed by atoms with Crippen LogP contribution in [0.5, 0.6) is 0 Å². The second-order valence-electron chi connectivity index (χ2n) is 9.11. The molecule has 2 atom stereocenters. The number of benzene rings is 1. The first kappa shape index (κ1) is 28.7. The largest absolute Gasteiger partial charge is 0.490 e. The van der Waals surface area contributed by atoms with Gasteiger partial charge in [-0.25, -0.2) is 9.78 Å². The molecule has 0 spiro atoms. The number of carboxylic acid groups (broad SMARTS) is 1. The number of halogens is 4. The minimum absolute atomic E-state index is 0.249. The van der Waals surface area contributed by atoms with Crippen LogP contribution in [0.3, 0.4) is 0 Å². The highest BCUT2D eigenvalue weighted by Gasteiger charge is 2.38. The van der Waals surface area contributed by atoms with E-state index in [9.17, 15) is 18.0 Å². The highest BCUT2D eigenvalue weighted by molar-refractivity contribution is 6.30. The molecule has 202 valence electrons. The fourth-order valence-corrected chi connectivity index (χ4v) is 4.68. The number of ether oxygens (including phenoxy) is 1. The Bertz CT molecular complexity index is 1060. The van der Waals surface area contributed by atoms with Crippen LogP contribution >= 0.6 is 11.6 Å². The van der Waals surface area contributed by atoms with Crippen LogP contribution in [-0.4, -0.2) is 77.5 Å². The Morgan fingerprint density at radius 2 is 1.81 bits per heavy atom. The molecule has 2 aromatic rings. The molecule has 2 fully saturated rings. The molecular weight excluding hydrogens is 513 g/mol. The van der Waals surface area contributed by atoms with Crippen LogP contribution in [0.2, 0.25) is 5.02 Å². The van der Waals surface area contributed by atoms with Gasteiger partial charge >= 0.3 is 12.1 Å². The molecule has 0 radical (unpaired) electrons. The molecule has 8 nitrogen and oxygen atoms in total. The lowest BCUT2D eigenvalue weighted by molar-refractivity contribution is -0.192. The van der Waals surface area contributed by atoms with E-state index >= 15 is 0 Å². The van der Waals surface area contributed by atoms with Crippen molar-refractivity contribution in [3.05, 3.63) is 58.7 Å². The third-order valence-corrected chi connectivity index (χ3v) is 6.68. The van der Waals surface area contributed by atoms with Gasteiger partial charge in [-0.3, -0.25) is 9.69 Å². The lowest BCUT2D eigenvalue weighted by atomic mass is 9.96. The van der Waals surface area contributed by atoms with Crippen LogP contribution in [0.25, 0.3) is 0 Å². The van der Waals surface area contributed by atoms with Crippen molar-refractivity contribution in [3.8, 4) is 0 Å². The van der Waals surface area contributed by atoms with E-state index in [1.807, 2.05) is 12.1 Å². The number of morpholine rings is 1. The Balaban J connectivity index is 0.000000479. The molecule has 2 saturated heterocycles. The lowest BCUT2D eigenvalue weighted by Crippen LogP contribution is -2.56. The van der Waals surface area contributed by atoms with Crippen molar-refractivity contribution in [2.24, 2.45) is 5.73 Å². The summed E-state index contributed by atoms with van der Waals surface area (Å²) in [5, 5.41) is 7.89. The van der Waals surface area contributed by atoms with Crippen LogP contribution in [0.1, 0.15) is 35.7 Å². The summed E-state index contributed by atoms with van der Waals surface area (Å²) in [7, 11) is 0. The molecule has 3 heterocycles. The van der Waals surface area contributed by atoms with Crippen LogP contribution in [-0.2, 0) is 16.0 Å². The molecule has 2 aliphatic heterocycles. The van der Waals surface area contributed by atoms with Gasteiger partial charge in [0.15, 0.2) is 0 Å². The van der Waals surface area contributed by atoms with E-state index in [4.69, 9.17) is 32.0 Å². The van der Waals surface area contributed by atoms with Crippen molar-refractivity contribution < 1.29 is 32.6 Å². The molecule has 0 saturated carbocycles. The Labute approximate surface area is 218 Å². The Morgan fingerprint density at radius 3 is 2.38 bits per heavy atom. The van der Waals surface area contributed by atoms with Gasteiger partial charge in [0.05, 0.1) is 12.7 Å². The van der Waals surface area contributed by atoms with Crippen LogP contribution in [0, 0.1) is 0 Å². The second kappa shape index (κ2) is 12.6. The number of nitrogens with two attached hydrogens (primary N) is 1. The van der Waals surface area contributed by atoms with Crippen molar-refractivity contribution in [2.75, 3.05) is 31.1 Å². The topological polar surface area (TPSA) is 109 Å². The van der Waals surface area contributed by atoms with E-state index in [1.165, 1.54) is 5.56 Å². The Hall–Kier alpha value is -2.89. The smallest absolute Gasteiger partial charge is 0.475 e. The number of piperidine rings is 1. The molecule has 2 aliphatic rings. The van der Waals surface area contributed by atoms with Gasteiger partial charge in [0.2, 0.25) is 5.91 Å². The molecule has 37 heavy (non-hydrogen) atoms. The van der Waals surface area contributed by atoms with Crippen molar-refractivity contribution in [2.45, 2.75) is 50.6 Å². The highest BCUT2D eigenvalue weighted by atomic mass is 35.5. The summed E-state index contributed by atoms with van der Waals surface area (Å²) in [6.07, 6.45) is -0.0865. The number of primary amides is 1. The highest BCUT2D eigenvalue weighted by Crippen LogP contribution is 2.27. The Kier molecular flexibility index (Phi) is 9.74. The number of alkyl halides is 3. The van der Waals surface area contributed by atoms with E-state index in [1.54, 1.807) is 18.3 Å². The molecule has 0 unspecified atom stereocenters. The number of hydrogen-bond donors (Lipinski definition) is 2. The number of aromatic nitrogens is 1. The number of carbonyl (C=O) groups is 2. The van der Waals surface area contributed by atoms with E-state index in [0.717, 1.165) is 56.3 Å². The number of hydrogen-bond acceptors (Lipinski definition) is 6. The number of nitrogens with zero attached hydrogens (tertiary/aromatic N) is 3. The lowest BCUT2D eigenvalue weighted by Gasteiger charge is -2.46. The normalized spacial score (nSPS) is 21.2. The van der Waals surface area contributed by atoms with Crippen molar-refractivity contribution in [1.29, 1.82) is 0 Å². The zero-order valence-corrected chi connectivity index (χ0v) is 21.1. The number of aliphatic carboxylic acids is 1. The fraction of sp³-hybridized carbons (Fsp3) is 0.480. The van der Waals surface area contributed by atoms with Gasteiger partial charge in [0.1, 0.15) is 5.82 Å². The maximum absolute atomic E-state index is 11.5. The maximum Gasteiger partial charge on any atom is 0.490 e. The van der Waals surface area contributed by atoms with Crippen LogP contribution in [0.4, 0.5) is 19.0 Å². The second-order valence-corrected chi connectivity index (χ2v) is 9.55. The van der Waals surface area contributed by atoms with Gasteiger partial charge < -0.3 is 20.5 Å². The number of carbonyl (C=O) groups excluding carboxylic acids is 1. The molecule has 4 rings (SSSR count). The summed E-state index contributed by atoms with van der Waals surface area (Å²) in [5.41, 5.74) is 7.22. The fourth-order valence-electron chi connectivity index (χ4n) is 4.56. The Morgan fingerprint density at radius 1 is 1.19 bits per heavy atom. The minimum Gasteiger partial charge on any atom is -0.475 e. The summed E-state index contributed by atoms with van der Waals surface area (Å²) < 4.78 is 37.7. The summed E-state index contributed by atoms with van der Waals surface area (Å²) in [4.78, 5) is 29.7. The first-order valence-corrected chi connectivity index (χ1v) is 12.2. The maximum atomic E-state index is 11.5. The van der Waals surface area contributed by atoms with Gasteiger partial charge in [-0.1, -0.05) is 23.7 Å². The number of carboxylic acids is 1. The monoisotopic (exact) mass is 542 g/mol. The molecule has 1 aromatic heterocycles. The molecule has 3 N–H and O–H groups in total. The van der Waals surface area contributed by atoms with Gasteiger partial charge in [0, 0.05) is 48.5 Å². The predicted molar refractivity (Wildman–Crippen MR) is 133 cm³/mol. The van der Waals surface area contributed by atoms with E-state index in [-0.39, 0.29) is 6.10 Å². The SMILES string of the molecule is C[C@H]1CN(C2CCN(c3cc(C(N)=O)ccn3)CC2)[C@@H](Cc2ccc(Cl)cc2)CO1.O=C(O)C(F)(F)F. The molecule has 0 bridgehead atoms. The van der Waals surface area contributed by atoms with Gasteiger partial charge in [-0.15, -0.1) is 0 Å². The van der Waals surface area contributed by atoms with E-state index in [2.05, 4.69) is 33.8 Å². The molecule has 1 aromatic carbocycles. The van der Waals surface area contributed by atoms with Gasteiger partial charge in [-0.2, -0.15) is 13.2 Å². The predicted octanol–water partition coefficient (Wildman–Crippen LogP) is 3.77. The van der Waals surface area contributed by atoms with Crippen LogP contribution < -0.4 is 10.6 Å². The first-order valence-electron chi connectivity index (χ1n) is 11.9. The zero-order chi connectivity index (χ0) is 27.2. The molecule has 1 amide bonds. The summed E-state index contributed by atoms with van der Waals surface area (Å²) >= 11 is 6.04. The summed E-state index contributed by atoms with van der Waals surface area (Å²) in [6, 6.07) is 12.5. The zero-order valence-electron chi connectivity index (χ0n) is 20.3. The molecule has 0 aliphatic carbocycles. The number of amides is 1. The number of rotatable bonds is 5. The van der Waals surface area contributed by atoms with E-state index < -0.39 is 18.1 Å². The quantitative estimate of drug-likeness (QED) is 0.592. The minimum atomic E-state index is -5.08. The standard InChI is InChI=1S/C23H29ClN4O2.C2HF3O2/c1-16-14-28(21(15-30-16)12-17-2-4-19(24)5-3-17)20-7-10-27(11-8-20)22-13-18(23(25)29)6-9-26-22;3-2(4,5)1(6)7/h2-6,9,13,16,20-21H,7-8,10-12,14-15H2,1H3,(H2,25,29);(H,6,7)/t16-,21-;/m0./s1. The summed E-state index contributed by atoms with van der Waals surface area (Å²) in [5.74, 6) is -2.34. The number of anilines is 1. The van der Waals surface area contributed by atoms with Crippen molar-refractivity contribution >= 4 is 29.3 Å². The van der Waals surface area contributed by atoms with Gasteiger partial charge in [-0.05, 0) is 56.0 Å². The molecule has 12 heteroatoms. The third-order valence-electron chi connectivity index (χ3n) is 6.42. The average Bonchev–Trinajstić information content (AvgIpc) is 2.86. The van der Waals surface area contributed by atoms with E-state index in [0.29, 0.717) is 17.6 Å². The summed E-state index contributed by atoms with van der Waals surface area (Å²) in [6.45, 7) is 5.70. The molecular formula is C25H30ClF3N4O4. The third kappa shape index (κ3) is 8.31. The number of pyridine rings is 1. The first-order chi connectivity index (χ1) is 17.4. The van der Waals surface area contributed by atoms with Crippen molar-refractivity contribution in [1.82, 2.24) is 9.88 Å².